The van der Waals surface area contributed by atoms with Crippen molar-refractivity contribution in [2.75, 3.05) is 26.3 Å². The van der Waals surface area contributed by atoms with Gasteiger partial charge in [0.25, 0.3) is 0 Å². The van der Waals surface area contributed by atoms with E-state index in [4.69, 9.17) is 15.1 Å². The highest BCUT2D eigenvalue weighted by Crippen LogP contribution is 2.17. The molecule has 1 unspecified atom stereocenters. The summed E-state index contributed by atoms with van der Waals surface area (Å²) in [6.45, 7) is 1.16. The average Bonchev–Trinajstić information content (AvgIpc) is 2.29. The lowest BCUT2D eigenvalue weighted by Gasteiger charge is -2.17. The van der Waals surface area contributed by atoms with Gasteiger partial charge in [-0.05, 0) is 0 Å². The second-order valence-electron chi connectivity index (χ2n) is 2.73. The molecule has 12 heavy (non-hydrogen) atoms. The van der Waals surface area contributed by atoms with Crippen molar-refractivity contribution in [1.82, 2.24) is 5.32 Å². The molecule has 1 saturated heterocycles. The number of rotatable bonds is 1. The van der Waals surface area contributed by atoms with Gasteiger partial charge in [0, 0.05) is 13.1 Å². The fraction of sp³-hybridized carbons (Fsp3) is 0.714. The summed E-state index contributed by atoms with van der Waals surface area (Å²) < 4.78 is 5.00. The number of nitriles is 1. The summed E-state index contributed by atoms with van der Waals surface area (Å²) in [5, 5.41) is 20.3. The van der Waals surface area contributed by atoms with Crippen molar-refractivity contribution in [2.45, 2.75) is 0 Å². The lowest BCUT2D eigenvalue weighted by atomic mass is 9.91. The van der Waals surface area contributed by atoms with Crippen LogP contribution in [0.25, 0.3) is 0 Å². The molecule has 0 amide bonds. The van der Waals surface area contributed by atoms with Crippen molar-refractivity contribution in [3.8, 4) is 6.07 Å². The first-order valence-corrected chi connectivity index (χ1v) is 3.64. The van der Waals surface area contributed by atoms with E-state index in [0.717, 1.165) is 0 Å². The summed E-state index contributed by atoms with van der Waals surface area (Å²) in [7, 11) is 0. The normalized spacial score (nSPS) is 30.2. The molecule has 0 aromatic heterocycles. The Bertz CT molecular complexity index is 213. The Kier molecular flexibility index (Phi) is 2.63. The Labute approximate surface area is 69.9 Å². The Balaban J connectivity index is 2.77. The summed E-state index contributed by atoms with van der Waals surface area (Å²) in [5.41, 5.74) is -1.41. The minimum atomic E-state index is -1.41. The van der Waals surface area contributed by atoms with Gasteiger partial charge in [0.05, 0.1) is 19.3 Å². The number of carbonyl (C=O) groups is 1. The van der Waals surface area contributed by atoms with Crippen molar-refractivity contribution in [2.24, 2.45) is 5.41 Å². The quantitative estimate of drug-likeness (QED) is 0.538. The second kappa shape index (κ2) is 3.52. The van der Waals surface area contributed by atoms with Gasteiger partial charge in [-0.25, -0.2) is 0 Å². The van der Waals surface area contributed by atoms with Crippen molar-refractivity contribution >= 4 is 5.97 Å². The molecule has 0 spiro atoms. The highest BCUT2D eigenvalue weighted by Gasteiger charge is 2.40. The van der Waals surface area contributed by atoms with E-state index in [1.54, 1.807) is 6.07 Å². The van der Waals surface area contributed by atoms with Gasteiger partial charge in [-0.3, -0.25) is 4.79 Å². The van der Waals surface area contributed by atoms with E-state index in [-0.39, 0.29) is 13.2 Å². The summed E-state index contributed by atoms with van der Waals surface area (Å²) >= 11 is 0. The first-order valence-electron chi connectivity index (χ1n) is 3.64. The van der Waals surface area contributed by atoms with Gasteiger partial charge in [-0.2, -0.15) is 5.26 Å². The molecule has 0 bridgehead atoms. The van der Waals surface area contributed by atoms with Crippen molar-refractivity contribution in [1.29, 1.82) is 5.26 Å². The molecule has 1 aliphatic rings. The largest absolute Gasteiger partial charge is 0.480 e. The van der Waals surface area contributed by atoms with Crippen LogP contribution in [0.5, 0.6) is 0 Å². The zero-order chi connectivity index (χ0) is 9.03. The SMILES string of the molecule is N#CC1(C(=O)O)CNCCOC1. The van der Waals surface area contributed by atoms with Crippen LogP contribution in [0.15, 0.2) is 0 Å². The fourth-order valence-electron chi connectivity index (χ4n) is 1.00. The number of ether oxygens (including phenoxy) is 1. The van der Waals surface area contributed by atoms with E-state index in [1.165, 1.54) is 0 Å². The van der Waals surface area contributed by atoms with Crippen LogP contribution >= 0.6 is 0 Å². The Hall–Kier alpha value is -1.12. The molecule has 1 atom stereocenters. The summed E-state index contributed by atoms with van der Waals surface area (Å²) in [6, 6.07) is 1.77. The number of nitrogens with one attached hydrogen (secondary N) is 1. The van der Waals surface area contributed by atoms with Crippen LogP contribution in [0.1, 0.15) is 0 Å². The smallest absolute Gasteiger partial charge is 0.327 e. The van der Waals surface area contributed by atoms with Crippen LogP contribution in [0.3, 0.4) is 0 Å². The maximum absolute atomic E-state index is 10.7. The number of carboxylic acid groups (broad SMARTS) is 1. The third-order valence-electron chi connectivity index (χ3n) is 1.82. The standard InChI is InChI=1S/C7H10N2O3/c8-3-7(6(10)11)4-9-1-2-12-5-7/h9H,1-2,4-5H2,(H,10,11). The zero-order valence-corrected chi connectivity index (χ0v) is 6.54. The van der Waals surface area contributed by atoms with Gasteiger partial charge in [0.15, 0.2) is 5.41 Å². The first-order chi connectivity index (χ1) is 5.71. The van der Waals surface area contributed by atoms with Crippen molar-refractivity contribution < 1.29 is 14.6 Å². The molecular weight excluding hydrogens is 160 g/mol. The van der Waals surface area contributed by atoms with Crippen LogP contribution in [0.2, 0.25) is 0 Å². The first kappa shape index (κ1) is 8.97. The van der Waals surface area contributed by atoms with Crippen LogP contribution in [0.4, 0.5) is 0 Å². The van der Waals surface area contributed by atoms with Crippen LogP contribution in [-0.4, -0.2) is 37.4 Å². The molecule has 1 rings (SSSR count). The van der Waals surface area contributed by atoms with Gasteiger partial charge in [0.2, 0.25) is 0 Å². The molecule has 1 heterocycles. The molecule has 0 aromatic rings. The molecule has 1 aliphatic heterocycles. The lowest BCUT2D eigenvalue weighted by Crippen LogP contribution is -2.41. The van der Waals surface area contributed by atoms with Gasteiger partial charge in [-0.15, -0.1) is 0 Å². The lowest BCUT2D eigenvalue weighted by molar-refractivity contribution is -0.147. The molecule has 0 radical (unpaired) electrons. The van der Waals surface area contributed by atoms with Crippen molar-refractivity contribution in [3.05, 3.63) is 0 Å². The number of nitrogens with zero attached hydrogens (tertiary/aromatic N) is 1. The van der Waals surface area contributed by atoms with Crippen LogP contribution < -0.4 is 5.32 Å². The maximum atomic E-state index is 10.7. The molecular formula is C7H10N2O3. The maximum Gasteiger partial charge on any atom is 0.327 e. The molecule has 1 fully saturated rings. The third kappa shape index (κ3) is 1.55. The van der Waals surface area contributed by atoms with E-state index in [2.05, 4.69) is 5.32 Å². The highest BCUT2D eigenvalue weighted by molar-refractivity contribution is 5.78. The molecule has 2 N–H and O–H groups in total. The van der Waals surface area contributed by atoms with Crippen LogP contribution in [0, 0.1) is 16.7 Å². The number of hydrogen-bond acceptors (Lipinski definition) is 4. The third-order valence-corrected chi connectivity index (χ3v) is 1.82. The molecule has 66 valence electrons. The average molecular weight is 170 g/mol. The molecule has 0 aliphatic carbocycles. The molecule has 5 heteroatoms. The minimum Gasteiger partial charge on any atom is -0.480 e. The molecule has 5 nitrogen and oxygen atoms in total. The Morgan fingerprint density at radius 3 is 3.08 bits per heavy atom. The van der Waals surface area contributed by atoms with E-state index < -0.39 is 11.4 Å². The fourth-order valence-corrected chi connectivity index (χ4v) is 1.00. The minimum absolute atomic E-state index is 0.0359. The van der Waals surface area contributed by atoms with E-state index in [0.29, 0.717) is 13.2 Å². The van der Waals surface area contributed by atoms with E-state index in [9.17, 15) is 4.79 Å². The second-order valence-corrected chi connectivity index (χ2v) is 2.73. The van der Waals surface area contributed by atoms with Gasteiger partial charge >= 0.3 is 5.97 Å². The number of aliphatic carboxylic acids is 1. The summed E-state index contributed by atoms with van der Waals surface area (Å²) in [5.74, 6) is -1.13. The predicted octanol–water partition coefficient (Wildman–Crippen LogP) is -0.799. The van der Waals surface area contributed by atoms with E-state index in [1.807, 2.05) is 0 Å². The predicted molar refractivity (Wildman–Crippen MR) is 39.4 cm³/mol. The van der Waals surface area contributed by atoms with Crippen molar-refractivity contribution in [3.63, 3.8) is 0 Å². The molecule has 0 saturated carbocycles. The highest BCUT2D eigenvalue weighted by atomic mass is 16.5. The monoisotopic (exact) mass is 170 g/mol. The van der Waals surface area contributed by atoms with Gasteiger partial charge in [-0.1, -0.05) is 0 Å². The summed E-state index contributed by atoms with van der Waals surface area (Å²) in [6.07, 6.45) is 0. The summed E-state index contributed by atoms with van der Waals surface area (Å²) in [4.78, 5) is 10.7. The van der Waals surface area contributed by atoms with Crippen LogP contribution in [-0.2, 0) is 9.53 Å². The Morgan fingerprint density at radius 1 is 1.75 bits per heavy atom. The van der Waals surface area contributed by atoms with E-state index >= 15 is 0 Å². The topological polar surface area (TPSA) is 82.4 Å². The number of hydrogen-bond donors (Lipinski definition) is 2. The Morgan fingerprint density at radius 2 is 2.50 bits per heavy atom. The zero-order valence-electron chi connectivity index (χ0n) is 6.54. The number of carboxylic acids is 1. The van der Waals surface area contributed by atoms with Gasteiger partial charge < -0.3 is 15.2 Å². The van der Waals surface area contributed by atoms with Gasteiger partial charge in [0.1, 0.15) is 0 Å². The molecule has 0 aromatic carbocycles.